The Morgan fingerprint density at radius 1 is 1.43 bits per heavy atom. The SMILES string of the molecule is COCCCNC(=O)c1ccc(-n2[nH]c(C(=O)O)cc2=O)nc1. The van der Waals surface area contributed by atoms with Crippen LogP contribution in [0.3, 0.4) is 0 Å². The Bertz CT molecular complexity index is 747. The van der Waals surface area contributed by atoms with Crippen LogP contribution >= 0.6 is 0 Å². The molecule has 0 radical (unpaired) electrons. The van der Waals surface area contributed by atoms with Gasteiger partial charge < -0.3 is 15.2 Å². The third kappa shape index (κ3) is 4.04. The average molecular weight is 320 g/mol. The summed E-state index contributed by atoms with van der Waals surface area (Å²) >= 11 is 0. The van der Waals surface area contributed by atoms with Gasteiger partial charge in [-0.2, -0.15) is 0 Å². The van der Waals surface area contributed by atoms with Crippen LogP contribution in [0.1, 0.15) is 27.3 Å². The molecule has 2 aromatic heterocycles. The predicted molar refractivity (Wildman–Crippen MR) is 80.0 cm³/mol. The molecular formula is C14H16N4O5. The van der Waals surface area contributed by atoms with E-state index in [0.717, 1.165) is 10.7 Å². The number of hydrogen-bond acceptors (Lipinski definition) is 5. The lowest BCUT2D eigenvalue weighted by atomic mass is 10.2. The normalized spacial score (nSPS) is 10.5. The monoisotopic (exact) mass is 320 g/mol. The molecule has 0 aliphatic rings. The van der Waals surface area contributed by atoms with Gasteiger partial charge in [-0.1, -0.05) is 0 Å². The zero-order chi connectivity index (χ0) is 16.8. The van der Waals surface area contributed by atoms with Crippen molar-refractivity contribution in [2.45, 2.75) is 6.42 Å². The lowest BCUT2D eigenvalue weighted by Crippen LogP contribution is -2.25. The number of carbonyl (C=O) groups is 2. The highest BCUT2D eigenvalue weighted by atomic mass is 16.5. The van der Waals surface area contributed by atoms with Crippen molar-refractivity contribution in [2.24, 2.45) is 0 Å². The number of nitrogens with zero attached hydrogens (tertiary/aromatic N) is 2. The largest absolute Gasteiger partial charge is 0.477 e. The summed E-state index contributed by atoms with van der Waals surface area (Å²) in [5.74, 6) is -1.34. The number of rotatable bonds is 7. The van der Waals surface area contributed by atoms with E-state index in [1.54, 1.807) is 7.11 Å². The van der Waals surface area contributed by atoms with Crippen LogP contribution in [0.15, 0.2) is 29.2 Å². The van der Waals surface area contributed by atoms with Crippen molar-refractivity contribution in [1.29, 1.82) is 0 Å². The van der Waals surface area contributed by atoms with Gasteiger partial charge in [-0.25, -0.2) is 14.5 Å². The summed E-state index contributed by atoms with van der Waals surface area (Å²) < 4.78 is 5.87. The molecular weight excluding hydrogens is 304 g/mol. The highest BCUT2D eigenvalue weighted by Gasteiger charge is 2.12. The van der Waals surface area contributed by atoms with Gasteiger partial charge in [-0.3, -0.25) is 14.7 Å². The highest BCUT2D eigenvalue weighted by molar-refractivity contribution is 5.93. The maximum Gasteiger partial charge on any atom is 0.353 e. The third-order valence-electron chi connectivity index (χ3n) is 3.00. The summed E-state index contributed by atoms with van der Waals surface area (Å²) in [6.45, 7) is 1.03. The zero-order valence-corrected chi connectivity index (χ0v) is 12.4. The lowest BCUT2D eigenvalue weighted by molar-refractivity contribution is 0.0689. The fraction of sp³-hybridized carbons (Fsp3) is 0.286. The maximum atomic E-state index is 11.9. The summed E-state index contributed by atoms with van der Waals surface area (Å²) in [7, 11) is 1.59. The molecule has 0 aliphatic carbocycles. The molecule has 1 amide bonds. The molecule has 0 saturated heterocycles. The summed E-state index contributed by atoms with van der Waals surface area (Å²) in [6, 6.07) is 3.91. The Labute approximate surface area is 130 Å². The van der Waals surface area contributed by atoms with Crippen molar-refractivity contribution in [3.8, 4) is 5.82 Å². The van der Waals surface area contributed by atoms with E-state index in [4.69, 9.17) is 9.84 Å². The van der Waals surface area contributed by atoms with Crippen LogP contribution in [0, 0.1) is 0 Å². The minimum atomic E-state index is -1.24. The van der Waals surface area contributed by atoms with Crippen molar-refractivity contribution in [1.82, 2.24) is 20.1 Å². The van der Waals surface area contributed by atoms with E-state index < -0.39 is 11.5 Å². The quantitative estimate of drug-likeness (QED) is 0.618. The standard InChI is InChI=1S/C14H16N4O5/c1-23-6-2-5-15-13(20)9-3-4-11(16-8-9)18-12(19)7-10(17-18)14(21)22/h3-4,7-8,17H,2,5-6H2,1H3,(H,15,20)(H,21,22). The number of aromatic amines is 1. The number of carbonyl (C=O) groups excluding carboxylic acids is 1. The summed E-state index contributed by atoms with van der Waals surface area (Å²) in [4.78, 5) is 38.4. The second kappa shape index (κ2) is 7.36. The molecule has 0 fully saturated rings. The number of H-pyrrole nitrogens is 1. The number of carboxylic acids is 1. The first kappa shape index (κ1) is 16.4. The molecule has 9 heteroatoms. The first-order chi connectivity index (χ1) is 11.0. The van der Waals surface area contributed by atoms with Gasteiger partial charge in [0.15, 0.2) is 5.82 Å². The topological polar surface area (TPSA) is 126 Å². The number of hydrogen-bond donors (Lipinski definition) is 3. The molecule has 0 bridgehead atoms. The molecule has 0 unspecified atom stereocenters. The van der Waals surface area contributed by atoms with Crippen LogP contribution in [-0.2, 0) is 4.74 Å². The first-order valence-corrected chi connectivity index (χ1v) is 6.82. The molecule has 2 rings (SSSR count). The lowest BCUT2D eigenvalue weighted by Gasteiger charge is -2.05. The summed E-state index contributed by atoms with van der Waals surface area (Å²) in [6.07, 6.45) is 2.01. The van der Waals surface area contributed by atoms with Crippen LogP contribution in [0.2, 0.25) is 0 Å². The second-order valence-electron chi connectivity index (χ2n) is 4.66. The van der Waals surface area contributed by atoms with Gasteiger partial charge in [-0.15, -0.1) is 0 Å². The van der Waals surface area contributed by atoms with Gasteiger partial charge in [0.05, 0.1) is 5.56 Å². The number of aromatic nitrogens is 3. The van der Waals surface area contributed by atoms with E-state index in [9.17, 15) is 14.4 Å². The third-order valence-corrected chi connectivity index (χ3v) is 3.00. The first-order valence-electron chi connectivity index (χ1n) is 6.82. The molecule has 2 aromatic rings. The van der Waals surface area contributed by atoms with Gasteiger partial charge >= 0.3 is 5.97 Å². The van der Waals surface area contributed by atoms with Crippen molar-refractivity contribution in [3.05, 3.63) is 46.0 Å². The molecule has 0 aromatic carbocycles. The van der Waals surface area contributed by atoms with Crippen molar-refractivity contribution < 1.29 is 19.4 Å². The van der Waals surface area contributed by atoms with Crippen molar-refractivity contribution in [2.75, 3.05) is 20.3 Å². The van der Waals surface area contributed by atoms with E-state index in [1.165, 1.54) is 18.3 Å². The highest BCUT2D eigenvalue weighted by Crippen LogP contribution is 2.04. The van der Waals surface area contributed by atoms with E-state index in [1.807, 2.05) is 0 Å². The maximum absolute atomic E-state index is 11.9. The van der Waals surface area contributed by atoms with Gasteiger partial charge in [0.1, 0.15) is 5.69 Å². The molecule has 0 atom stereocenters. The number of nitrogens with one attached hydrogen (secondary N) is 2. The van der Waals surface area contributed by atoms with Crippen molar-refractivity contribution >= 4 is 11.9 Å². The fourth-order valence-electron chi connectivity index (χ4n) is 1.85. The van der Waals surface area contributed by atoms with Crippen LogP contribution < -0.4 is 10.9 Å². The Morgan fingerprint density at radius 3 is 2.78 bits per heavy atom. The predicted octanol–water partition coefficient (Wildman–Crippen LogP) is 0.0251. The van der Waals surface area contributed by atoms with E-state index in [-0.39, 0.29) is 17.4 Å². The number of amides is 1. The summed E-state index contributed by atoms with van der Waals surface area (Å²) in [5, 5.41) is 14.0. The van der Waals surface area contributed by atoms with Gasteiger partial charge in [0, 0.05) is 32.5 Å². The molecule has 3 N–H and O–H groups in total. The van der Waals surface area contributed by atoms with Gasteiger partial charge in [-0.05, 0) is 18.6 Å². The van der Waals surface area contributed by atoms with E-state index >= 15 is 0 Å². The minimum Gasteiger partial charge on any atom is -0.477 e. The van der Waals surface area contributed by atoms with Crippen LogP contribution in [-0.4, -0.2) is 52.0 Å². The van der Waals surface area contributed by atoms with Gasteiger partial charge in [0.25, 0.3) is 11.5 Å². The zero-order valence-electron chi connectivity index (χ0n) is 12.4. The smallest absolute Gasteiger partial charge is 0.353 e. The Morgan fingerprint density at radius 2 is 2.22 bits per heavy atom. The number of carboxylic acid groups (broad SMARTS) is 1. The van der Waals surface area contributed by atoms with Gasteiger partial charge in [0.2, 0.25) is 0 Å². The molecule has 2 heterocycles. The minimum absolute atomic E-state index is 0.193. The molecule has 0 saturated carbocycles. The van der Waals surface area contributed by atoms with E-state index in [0.29, 0.717) is 25.1 Å². The van der Waals surface area contributed by atoms with Crippen molar-refractivity contribution in [3.63, 3.8) is 0 Å². The Hall–Kier alpha value is -2.94. The van der Waals surface area contributed by atoms with Crippen LogP contribution in [0.25, 0.3) is 5.82 Å². The van der Waals surface area contributed by atoms with E-state index in [2.05, 4.69) is 15.4 Å². The Balaban J connectivity index is 2.09. The Kier molecular flexibility index (Phi) is 5.26. The average Bonchev–Trinajstić information content (AvgIpc) is 2.94. The second-order valence-corrected chi connectivity index (χ2v) is 4.66. The number of aromatic carboxylic acids is 1. The van der Waals surface area contributed by atoms with Crippen LogP contribution in [0.5, 0.6) is 0 Å². The molecule has 0 spiro atoms. The molecule has 9 nitrogen and oxygen atoms in total. The number of pyridine rings is 1. The summed E-state index contributed by atoms with van der Waals surface area (Å²) in [5.41, 5.74) is -0.451. The fourth-order valence-corrected chi connectivity index (χ4v) is 1.85. The number of methoxy groups -OCH3 is 1. The molecule has 122 valence electrons. The molecule has 0 aliphatic heterocycles. The molecule has 23 heavy (non-hydrogen) atoms. The van der Waals surface area contributed by atoms with Crippen LogP contribution in [0.4, 0.5) is 0 Å². The number of ether oxygens (including phenoxy) is 1.